The highest BCUT2D eigenvalue weighted by atomic mass is 16.5. The van der Waals surface area contributed by atoms with Gasteiger partial charge in [-0.15, -0.1) is 0 Å². The number of amides is 1. The van der Waals surface area contributed by atoms with Crippen molar-refractivity contribution in [2.45, 2.75) is 31.8 Å². The highest BCUT2D eigenvalue weighted by Gasteiger charge is 2.24. The predicted molar refractivity (Wildman–Crippen MR) is 72.2 cm³/mol. The predicted octanol–water partition coefficient (Wildman–Crippen LogP) is 1.10. The SMILES string of the molecule is COCC(N)C(=O)NC(C)(C)Cc1ccccc1. The number of carbonyl (C=O) groups excluding carboxylic acids is 1. The summed E-state index contributed by atoms with van der Waals surface area (Å²) in [5.74, 6) is -0.183. The highest BCUT2D eigenvalue weighted by Crippen LogP contribution is 2.12. The number of benzene rings is 1. The molecule has 0 aliphatic heterocycles. The molecule has 0 saturated carbocycles. The van der Waals surface area contributed by atoms with E-state index in [1.54, 1.807) is 0 Å². The summed E-state index contributed by atoms with van der Waals surface area (Å²) < 4.78 is 4.87. The fraction of sp³-hybridized carbons (Fsp3) is 0.500. The molecule has 4 nitrogen and oxygen atoms in total. The number of nitrogens with one attached hydrogen (secondary N) is 1. The number of ether oxygens (including phenoxy) is 1. The number of rotatable bonds is 6. The molecule has 0 aliphatic rings. The molecule has 0 spiro atoms. The lowest BCUT2D eigenvalue weighted by molar-refractivity contribution is -0.125. The number of hydrogen-bond donors (Lipinski definition) is 2. The zero-order valence-electron chi connectivity index (χ0n) is 11.3. The lowest BCUT2D eigenvalue weighted by Gasteiger charge is -2.28. The molecule has 1 unspecified atom stereocenters. The summed E-state index contributed by atoms with van der Waals surface area (Å²) in [5, 5.41) is 2.95. The van der Waals surface area contributed by atoms with Crippen LogP contribution in [0.15, 0.2) is 30.3 Å². The van der Waals surface area contributed by atoms with Gasteiger partial charge in [0, 0.05) is 12.6 Å². The topological polar surface area (TPSA) is 64.3 Å². The van der Waals surface area contributed by atoms with Gasteiger partial charge in [0.05, 0.1) is 6.61 Å². The van der Waals surface area contributed by atoms with E-state index in [4.69, 9.17) is 10.5 Å². The molecule has 1 aromatic rings. The first-order chi connectivity index (χ1) is 8.44. The highest BCUT2D eigenvalue weighted by molar-refractivity contribution is 5.82. The lowest BCUT2D eigenvalue weighted by Crippen LogP contribution is -2.52. The molecule has 1 aromatic carbocycles. The maximum Gasteiger partial charge on any atom is 0.239 e. The second-order valence-electron chi connectivity index (χ2n) is 5.10. The molecular formula is C14H22N2O2. The van der Waals surface area contributed by atoms with Gasteiger partial charge in [0.25, 0.3) is 0 Å². The molecular weight excluding hydrogens is 228 g/mol. The van der Waals surface area contributed by atoms with E-state index in [1.807, 2.05) is 44.2 Å². The minimum atomic E-state index is -0.620. The fourth-order valence-electron chi connectivity index (χ4n) is 1.83. The fourth-order valence-corrected chi connectivity index (χ4v) is 1.83. The van der Waals surface area contributed by atoms with Gasteiger partial charge in [0.2, 0.25) is 5.91 Å². The smallest absolute Gasteiger partial charge is 0.239 e. The number of methoxy groups -OCH3 is 1. The van der Waals surface area contributed by atoms with E-state index < -0.39 is 6.04 Å². The monoisotopic (exact) mass is 250 g/mol. The van der Waals surface area contributed by atoms with Gasteiger partial charge >= 0.3 is 0 Å². The molecule has 1 rings (SSSR count). The van der Waals surface area contributed by atoms with Crippen LogP contribution in [0.25, 0.3) is 0 Å². The maximum atomic E-state index is 11.8. The van der Waals surface area contributed by atoms with Crippen LogP contribution in [0.5, 0.6) is 0 Å². The summed E-state index contributed by atoms with van der Waals surface area (Å²) in [7, 11) is 1.53. The van der Waals surface area contributed by atoms with Crippen LogP contribution in [0.3, 0.4) is 0 Å². The first-order valence-electron chi connectivity index (χ1n) is 6.05. The van der Waals surface area contributed by atoms with E-state index in [0.29, 0.717) is 0 Å². The van der Waals surface area contributed by atoms with Gasteiger partial charge in [-0.3, -0.25) is 4.79 Å². The largest absolute Gasteiger partial charge is 0.383 e. The Bertz CT molecular complexity index is 377. The number of hydrogen-bond acceptors (Lipinski definition) is 3. The first-order valence-corrected chi connectivity index (χ1v) is 6.05. The minimum absolute atomic E-state index is 0.183. The van der Waals surface area contributed by atoms with Crippen molar-refractivity contribution < 1.29 is 9.53 Å². The van der Waals surface area contributed by atoms with E-state index in [-0.39, 0.29) is 18.1 Å². The van der Waals surface area contributed by atoms with E-state index in [1.165, 1.54) is 12.7 Å². The van der Waals surface area contributed by atoms with Crippen molar-refractivity contribution in [3.8, 4) is 0 Å². The van der Waals surface area contributed by atoms with E-state index in [2.05, 4.69) is 5.32 Å². The quantitative estimate of drug-likeness (QED) is 0.794. The normalized spacial score (nSPS) is 13.1. The Morgan fingerprint density at radius 1 is 1.39 bits per heavy atom. The van der Waals surface area contributed by atoms with Crippen LogP contribution >= 0.6 is 0 Å². The first kappa shape index (κ1) is 14.7. The summed E-state index contributed by atoms with van der Waals surface area (Å²) in [6.07, 6.45) is 0.763. The van der Waals surface area contributed by atoms with Crippen molar-refractivity contribution in [2.24, 2.45) is 5.73 Å². The molecule has 0 fully saturated rings. The molecule has 1 atom stereocenters. The third-order valence-electron chi connectivity index (χ3n) is 2.63. The standard InChI is InChI=1S/C14H22N2O2/c1-14(2,9-11-7-5-4-6-8-11)16-13(17)12(15)10-18-3/h4-8,12H,9-10,15H2,1-3H3,(H,16,17). The number of carbonyl (C=O) groups is 1. The zero-order valence-corrected chi connectivity index (χ0v) is 11.3. The van der Waals surface area contributed by atoms with E-state index >= 15 is 0 Å². The van der Waals surface area contributed by atoms with Crippen LogP contribution in [0.1, 0.15) is 19.4 Å². The Balaban J connectivity index is 2.56. The van der Waals surface area contributed by atoms with Crippen molar-refractivity contribution in [1.29, 1.82) is 0 Å². The zero-order chi connectivity index (χ0) is 13.6. The van der Waals surface area contributed by atoms with Crippen molar-refractivity contribution in [1.82, 2.24) is 5.32 Å². The third kappa shape index (κ3) is 4.85. The van der Waals surface area contributed by atoms with E-state index in [0.717, 1.165) is 6.42 Å². The van der Waals surface area contributed by atoms with Crippen molar-refractivity contribution in [2.75, 3.05) is 13.7 Å². The molecule has 18 heavy (non-hydrogen) atoms. The molecule has 100 valence electrons. The summed E-state index contributed by atoms with van der Waals surface area (Å²) in [5.41, 5.74) is 6.55. The minimum Gasteiger partial charge on any atom is -0.383 e. The van der Waals surface area contributed by atoms with Crippen LogP contribution in [-0.2, 0) is 16.0 Å². The second kappa shape index (κ2) is 6.52. The Kier molecular flexibility index (Phi) is 5.31. The van der Waals surface area contributed by atoms with Gasteiger partial charge in [0.15, 0.2) is 0 Å². The van der Waals surface area contributed by atoms with Crippen LogP contribution in [-0.4, -0.2) is 31.2 Å². The molecule has 0 aliphatic carbocycles. The summed E-state index contributed by atoms with van der Waals surface area (Å²) >= 11 is 0. The second-order valence-corrected chi connectivity index (χ2v) is 5.10. The van der Waals surface area contributed by atoms with Crippen molar-refractivity contribution in [3.63, 3.8) is 0 Å². The van der Waals surface area contributed by atoms with Gasteiger partial charge in [-0.2, -0.15) is 0 Å². The van der Waals surface area contributed by atoms with Crippen LogP contribution < -0.4 is 11.1 Å². The molecule has 0 bridgehead atoms. The van der Waals surface area contributed by atoms with Crippen LogP contribution in [0, 0.1) is 0 Å². The average Bonchev–Trinajstić information content (AvgIpc) is 2.29. The molecule has 4 heteroatoms. The third-order valence-corrected chi connectivity index (χ3v) is 2.63. The van der Waals surface area contributed by atoms with Gasteiger partial charge in [-0.1, -0.05) is 30.3 Å². The summed E-state index contributed by atoms with van der Waals surface area (Å²) in [6, 6.07) is 9.42. The van der Waals surface area contributed by atoms with Gasteiger partial charge in [-0.25, -0.2) is 0 Å². The molecule has 3 N–H and O–H groups in total. The summed E-state index contributed by atoms with van der Waals surface area (Å²) in [4.78, 5) is 11.8. The van der Waals surface area contributed by atoms with E-state index in [9.17, 15) is 4.79 Å². The van der Waals surface area contributed by atoms with Gasteiger partial charge in [0.1, 0.15) is 6.04 Å². The molecule has 0 saturated heterocycles. The van der Waals surface area contributed by atoms with Gasteiger partial charge < -0.3 is 15.8 Å². The van der Waals surface area contributed by atoms with Crippen molar-refractivity contribution >= 4 is 5.91 Å². The molecule has 1 amide bonds. The molecule has 0 radical (unpaired) electrons. The van der Waals surface area contributed by atoms with Crippen LogP contribution in [0.2, 0.25) is 0 Å². The van der Waals surface area contributed by atoms with Crippen molar-refractivity contribution in [3.05, 3.63) is 35.9 Å². The average molecular weight is 250 g/mol. The Hall–Kier alpha value is -1.39. The van der Waals surface area contributed by atoms with Gasteiger partial charge in [-0.05, 0) is 25.8 Å². The maximum absolute atomic E-state index is 11.8. The molecule has 0 heterocycles. The Labute approximate surface area is 109 Å². The van der Waals surface area contributed by atoms with Crippen LogP contribution in [0.4, 0.5) is 0 Å². The summed E-state index contributed by atoms with van der Waals surface area (Å²) in [6.45, 7) is 4.20. The Morgan fingerprint density at radius 2 is 2.00 bits per heavy atom. The lowest BCUT2D eigenvalue weighted by atomic mass is 9.94. The molecule has 0 aromatic heterocycles. The number of nitrogens with two attached hydrogens (primary N) is 1. The Morgan fingerprint density at radius 3 is 2.56 bits per heavy atom.